The number of carbonyl (C=O) groups excluding carboxylic acids is 3. The highest BCUT2D eigenvalue weighted by Gasteiger charge is 2.19. The predicted molar refractivity (Wildman–Crippen MR) is 284 cm³/mol. The van der Waals surface area contributed by atoms with Crippen LogP contribution in [0.15, 0.2) is 97.2 Å². The molecule has 376 valence electrons. The summed E-state index contributed by atoms with van der Waals surface area (Å²) in [7, 11) is 0. The molecule has 0 aromatic carbocycles. The molecular formula is C60H100O6. The number of hydrogen-bond donors (Lipinski definition) is 0. The zero-order valence-electron chi connectivity index (χ0n) is 42.9. The molecule has 0 bridgehead atoms. The summed E-state index contributed by atoms with van der Waals surface area (Å²) in [4.78, 5) is 37.9. The molecule has 0 rings (SSSR count). The SMILES string of the molecule is CC/C=C\C/C=C\C/C=C\C/C=C\C/C=C\C/C=C\CCCCCCCCCCC(=O)OCC(COC(=O)CCCCCCC/C=C\CCC)OC(=O)CCCCCCC/C=C\CCCC. The molecule has 0 fully saturated rings. The topological polar surface area (TPSA) is 78.9 Å². The van der Waals surface area contributed by atoms with Gasteiger partial charge >= 0.3 is 17.9 Å². The van der Waals surface area contributed by atoms with Crippen LogP contribution in [0, 0.1) is 0 Å². The van der Waals surface area contributed by atoms with E-state index in [4.69, 9.17) is 14.2 Å². The summed E-state index contributed by atoms with van der Waals surface area (Å²) in [6, 6.07) is 0. The van der Waals surface area contributed by atoms with Crippen molar-refractivity contribution in [2.45, 2.75) is 252 Å². The molecule has 0 N–H and O–H groups in total. The Kier molecular flexibility index (Phi) is 50.9. The first kappa shape index (κ1) is 62.3. The van der Waals surface area contributed by atoms with Crippen molar-refractivity contribution in [3.63, 3.8) is 0 Å². The Morgan fingerprint density at radius 3 is 1.00 bits per heavy atom. The Hall–Kier alpha value is -3.67. The second-order valence-corrected chi connectivity index (χ2v) is 17.7. The fraction of sp³-hybridized carbons (Fsp3) is 0.683. The van der Waals surface area contributed by atoms with E-state index in [1.54, 1.807) is 0 Å². The van der Waals surface area contributed by atoms with E-state index in [1.165, 1.54) is 70.6 Å². The minimum atomic E-state index is -0.787. The summed E-state index contributed by atoms with van der Waals surface area (Å²) in [6.45, 7) is 6.39. The van der Waals surface area contributed by atoms with Crippen LogP contribution in [-0.4, -0.2) is 37.2 Å². The molecule has 0 aliphatic heterocycles. The molecule has 1 unspecified atom stereocenters. The van der Waals surface area contributed by atoms with Crippen molar-refractivity contribution in [3.8, 4) is 0 Å². The second-order valence-electron chi connectivity index (χ2n) is 17.7. The summed E-state index contributed by atoms with van der Waals surface area (Å²) in [5.74, 6) is -0.919. The number of esters is 3. The van der Waals surface area contributed by atoms with Crippen LogP contribution >= 0.6 is 0 Å². The van der Waals surface area contributed by atoms with E-state index in [2.05, 4.69) is 118 Å². The van der Waals surface area contributed by atoms with Crippen LogP contribution in [0.2, 0.25) is 0 Å². The lowest BCUT2D eigenvalue weighted by Gasteiger charge is -2.18. The maximum Gasteiger partial charge on any atom is 0.306 e. The van der Waals surface area contributed by atoms with Crippen LogP contribution in [0.25, 0.3) is 0 Å². The maximum atomic E-state index is 12.8. The van der Waals surface area contributed by atoms with Crippen molar-refractivity contribution in [2.75, 3.05) is 13.2 Å². The van der Waals surface area contributed by atoms with Gasteiger partial charge in [0.05, 0.1) is 0 Å². The molecular weight excluding hydrogens is 817 g/mol. The van der Waals surface area contributed by atoms with E-state index in [0.717, 1.165) is 135 Å². The van der Waals surface area contributed by atoms with Gasteiger partial charge in [0.2, 0.25) is 0 Å². The van der Waals surface area contributed by atoms with Gasteiger partial charge in [-0.25, -0.2) is 0 Å². The monoisotopic (exact) mass is 917 g/mol. The Bertz CT molecular complexity index is 1330. The molecule has 0 saturated carbocycles. The molecule has 0 amide bonds. The average Bonchev–Trinajstić information content (AvgIpc) is 3.31. The van der Waals surface area contributed by atoms with Crippen LogP contribution in [0.4, 0.5) is 0 Å². The maximum absolute atomic E-state index is 12.8. The number of unbranched alkanes of at least 4 members (excludes halogenated alkanes) is 21. The summed E-state index contributed by atoms with van der Waals surface area (Å²) >= 11 is 0. The van der Waals surface area contributed by atoms with Gasteiger partial charge < -0.3 is 14.2 Å². The number of hydrogen-bond acceptors (Lipinski definition) is 6. The number of rotatable bonds is 48. The van der Waals surface area contributed by atoms with Gasteiger partial charge in [-0.1, -0.05) is 214 Å². The summed E-state index contributed by atoms with van der Waals surface area (Å²) in [5, 5.41) is 0. The molecule has 6 heteroatoms. The minimum absolute atomic E-state index is 0.0882. The number of allylic oxidation sites excluding steroid dienone is 16. The third-order valence-electron chi connectivity index (χ3n) is 11.3. The predicted octanol–water partition coefficient (Wildman–Crippen LogP) is 18.1. The molecule has 0 aliphatic carbocycles. The first-order chi connectivity index (χ1) is 32.5. The van der Waals surface area contributed by atoms with E-state index in [1.807, 2.05) is 0 Å². The lowest BCUT2D eigenvalue weighted by Crippen LogP contribution is -2.30. The first-order valence-corrected chi connectivity index (χ1v) is 27.2. The number of ether oxygens (including phenoxy) is 3. The molecule has 0 heterocycles. The second kappa shape index (κ2) is 53.9. The molecule has 0 spiro atoms. The van der Waals surface area contributed by atoms with E-state index < -0.39 is 6.10 Å². The van der Waals surface area contributed by atoms with Gasteiger partial charge in [0, 0.05) is 19.3 Å². The minimum Gasteiger partial charge on any atom is -0.462 e. The zero-order valence-corrected chi connectivity index (χ0v) is 42.9. The third kappa shape index (κ3) is 51.3. The van der Waals surface area contributed by atoms with Gasteiger partial charge in [-0.2, -0.15) is 0 Å². The fourth-order valence-electron chi connectivity index (χ4n) is 7.19. The lowest BCUT2D eigenvalue weighted by molar-refractivity contribution is -0.167. The average molecular weight is 917 g/mol. The zero-order chi connectivity index (χ0) is 47.9. The van der Waals surface area contributed by atoms with Crippen molar-refractivity contribution in [3.05, 3.63) is 97.2 Å². The Labute approximate surface area is 407 Å². The van der Waals surface area contributed by atoms with Crippen molar-refractivity contribution in [2.24, 2.45) is 0 Å². The molecule has 66 heavy (non-hydrogen) atoms. The van der Waals surface area contributed by atoms with Gasteiger partial charge in [-0.15, -0.1) is 0 Å². The Balaban J connectivity index is 4.23. The molecule has 0 saturated heterocycles. The van der Waals surface area contributed by atoms with E-state index in [-0.39, 0.29) is 31.1 Å². The largest absolute Gasteiger partial charge is 0.462 e. The van der Waals surface area contributed by atoms with Crippen LogP contribution < -0.4 is 0 Å². The summed E-state index contributed by atoms with van der Waals surface area (Å²) in [5.41, 5.74) is 0. The van der Waals surface area contributed by atoms with Gasteiger partial charge in [0.15, 0.2) is 6.10 Å². The standard InChI is InChI=1S/C60H100O6/c1-4-7-10-13-16-19-22-23-24-25-26-27-28-29-30-31-32-33-34-35-36-37-39-41-44-47-50-53-59(62)65-56-57(55-64-58(61)52-49-46-43-40-21-18-15-12-9-6-3)66-60(63)54-51-48-45-42-38-20-17-14-11-8-5-2/h7,10,12,14-17,19,23-24,26-27,29-30,32-33,57H,4-6,8-9,11,13,18,20-22,25,28,31,34-56H2,1-3H3/b10-7-,15-12-,17-14-,19-16-,24-23-,27-26-,30-29-,33-32-. The molecule has 0 aliphatic rings. The highest BCUT2D eigenvalue weighted by Crippen LogP contribution is 2.14. The fourth-order valence-corrected chi connectivity index (χ4v) is 7.19. The first-order valence-electron chi connectivity index (χ1n) is 27.2. The van der Waals surface area contributed by atoms with Crippen molar-refractivity contribution >= 4 is 17.9 Å². The van der Waals surface area contributed by atoms with E-state index in [0.29, 0.717) is 19.3 Å². The highest BCUT2D eigenvalue weighted by molar-refractivity contribution is 5.71. The Morgan fingerprint density at radius 1 is 0.318 bits per heavy atom. The molecule has 6 nitrogen and oxygen atoms in total. The van der Waals surface area contributed by atoms with Gasteiger partial charge in [0.1, 0.15) is 13.2 Å². The highest BCUT2D eigenvalue weighted by atomic mass is 16.6. The third-order valence-corrected chi connectivity index (χ3v) is 11.3. The van der Waals surface area contributed by atoms with E-state index in [9.17, 15) is 14.4 Å². The van der Waals surface area contributed by atoms with Crippen LogP contribution in [0.1, 0.15) is 245 Å². The van der Waals surface area contributed by atoms with Crippen molar-refractivity contribution in [1.82, 2.24) is 0 Å². The summed E-state index contributed by atoms with van der Waals surface area (Å²) in [6.07, 6.45) is 71.2. The lowest BCUT2D eigenvalue weighted by atomic mass is 10.1. The molecule has 0 radical (unpaired) electrons. The van der Waals surface area contributed by atoms with E-state index >= 15 is 0 Å². The Morgan fingerprint density at radius 2 is 0.621 bits per heavy atom. The quantitative estimate of drug-likeness (QED) is 0.0262. The normalized spacial score (nSPS) is 12.8. The number of carbonyl (C=O) groups is 3. The van der Waals surface area contributed by atoms with Crippen molar-refractivity contribution in [1.29, 1.82) is 0 Å². The molecule has 1 atom stereocenters. The molecule has 0 aromatic heterocycles. The van der Waals surface area contributed by atoms with Crippen LogP contribution in [0.5, 0.6) is 0 Å². The van der Waals surface area contributed by atoms with Gasteiger partial charge in [-0.05, 0) is 109 Å². The van der Waals surface area contributed by atoms with Crippen molar-refractivity contribution < 1.29 is 28.6 Å². The summed E-state index contributed by atoms with van der Waals surface area (Å²) < 4.78 is 16.7. The van der Waals surface area contributed by atoms with Crippen LogP contribution in [-0.2, 0) is 28.6 Å². The molecule has 0 aromatic rings. The van der Waals surface area contributed by atoms with Gasteiger partial charge in [0.25, 0.3) is 0 Å². The van der Waals surface area contributed by atoms with Gasteiger partial charge in [-0.3, -0.25) is 14.4 Å². The van der Waals surface area contributed by atoms with Crippen LogP contribution in [0.3, 0.4) is 0 Å². The smallest absolute Gasteiger partial charge is 0.306 e.